The summed E-state index contributed by atoms with van der Waals surface area (Å²) in [4.78, 5) is 10.9. The fraction of sp³-hybridized carbons (Fsp3) is 0.720. The molecule has 0 saturated carbocycles. The molecule has 0 aliphatic carbocycles. The van der Waals surface area contributed by atoms with Gasteiger partial charge in [0.15, 0.2) is 0 Å². The molecule has 0 aliphatic heterocycles. The van der Waals surface area contributed by atoms with Gasteiger partial charge in [-0.3, -0.25) is 0 Å². The molecule has 6 nitrogen and oxygen atoms in total. The minimum atomic E-state index is -3.78. The van der Waals surface area contributed by atoms with Crippen molar-refractivity contribution in [2.24, 2.45) is 0 Å². The van der Waals surface area contributed by atoms with Gasteiger partial charge in [-0.2, -0.15) is 0 Å². The van der Waals surface area contributed by atoms with Gasteiger partial charge in [-0.15, -0.1) is 0 Å². The third-order valence-electron chi connectivity index (χ3n) is 5.83. The number of hydrogen-bond acceptors (Lipinski definition) is 4. The van der Waals surface area contributed by atoms with E-state index in [-0.39, 0.29) is 4.90 Å². The van der Waals surface area contributed by atoms with Gasteiger partial charge >= 0.3 is 5.97 Å². The Hall–Kier alpha value is -1.60. The van der Waals surface area contributed by atoms with E-state index in [0.29, 0.717) is 6.54 Å². The molecule has 1 rings (SSSR count). The maximum atomic E-state index is 12.3. The first kappa shape index (κ1) is 28.4. The van der Waals surface area contributed by atoms with Gasteiger partial charge < -0.3 is 10.2 Å². The Labute approximate surface area is 194 Å². The number of nitrogens with one attached hydrogen (secondary N) is 1. The first-order chi connectivity index (χ1) is 15.4. The molecular weight excluding hydrogens is 426 g/mol. The van der Waals surface area contributed by atoms with Gasteiger partial charge in [0.05, 0.1) is 4.90 Å². The summed E-state index contributed by atoms with van der Waals surface area (Å²) in [6, 6.07) is 3.28. The first-order valence-corrected chi connectivity index (χ1v) is 13.9. The van der Waals surface area contributed by atoms with Gasteiger partial charge in [0.2, 0.25) is 10.0 Å². The molecule has 0 unspecified atom stereocenters. The molecule has 0 aliphatic rings. The molecule has 32 heavy (non-hydrogen) atoms. The Morgan fingerprint density at radius 2 is 1.22 bits per heavy atom. The molecule has 0 bridgehead atoms. The number of rotatable bonds is 20. The zero-order valence-corrected chi connectivity index (χ0v) is 20.6. The van der Waals surface area contributed by atoms with Crippen molar-refractivity contribution in [1.29, 1.82) is 0 Å². The fourth-order valence-electron chi connectivity index (χ4n) is 3.82. The van der Waals surface area contributed by atoms with Crippen molar-refractivity contribution >= 4 is 16.0 Å². The number of sulfonamides is 1. The summed E-state index contributed by atoms with van der Waals surface area (Å²) >= 11 is 0. The highest BCUT2D eigenvalue weighted by Gasteiger charge is 2.18. The van der Waals surface area contributed by atoms with Crippen molar-refractivity contribution in [3.8, 4) is 5.75 Å². The Balaban J connectivity index is 2.01. The van der Waals surface area contributed by atoms with Gasteiger partial charge in [-0.05, 0) is 24.6 Å². The van der Waals surface area contributed by atoms with E-state index in [2.05, 4.69) is 11.6 Å². The quantitative estimate of drug-likeness (QED) is 0.186. The van der Waals surface area contributed by atoms with Crippen LogP contribution < -0.4 is 4.72 Å². The van der Waals surface area contributed by atoms with Crippen LogP contribution in [0.3, 0.4) is 0 Å². The monoisotopic (exact) mass is 469 g/mol. The summed E-state index contributed by atoms with van der Waals surface area (Å²) in [7, 11) is -3.78. The molecule has 0 heterocycles. The number of hydrogen-bond donors (Lipinski definition) is 3. The van der Waals surface area contributed by atoms with Crippen molar-refractivity contribution in [2.75, 3.05) is 6.54 Å². The van der Waals surface area contributed by atoms with Crippen molar-refractivity contribution < 1.29 is 23.4 Å². The SMILES string of the molecule is CCCCCCCCCCCCCCCCCCNS(=O)(=O)c1ccc(O)c(C(=O)O)c1. The predicted molar refractivity (Wildman–Crippen MR) is 130 cm³/mol. The van der Waals surface area contributed by atoms with Crippen LogP contribution in [0.2, 0.25) is 0 Å². The van der Waals surface area contributed by atoms with Crippen LogP contribution in [0.5, 0.6) is 5.75 Å². The summed E-state index contributed by atoms with van der Waals surface area (Å²) in [5.74, 6) is -1.81. The minimum absolute atomic E-state index is 0.149. The Kier molecular flexibility index (Phi) is 15.1. The van der Waals surface area contributed by atoms with E-state index in [4.69, 9.17) is 5.11 Å². The minimum Gasteiger partial charge on any atom is -0.507 e. The summed E-state index contributed by atoms with van der Waals surface area (Å²) < 4.78 is 27.1. The summed E-state index contributed by atoms with van der Waals surface area (Å²) in [5, 5.41) is 18.5. The van der Waals surface area contributed by atoms with Crippen LogP contribution in [-0.2, 0) is 10.0 Å². The van der Waals surface area contributed by atoms with E-state index >= 15 is 0 Å². The summed E-state index contributed by atoms with van der Waals surface area (Å²) in [6.45, 7) is 2.58. The topological polar surface area (TPSA) is 104 Å². The normalized spacial score (nSPS) is 11.7. The van der Waals surface area contributed by atoms with Crippen LogP contribution in [0.25, 0.3) is 0 Å². The maximum absolute atomic E-state index is 12.3. The van der Waals surface area contributed by atoms with E-state index in [0.717, 1.165) is 31.4 Å². The zero-order chi connectivity index (χ0) is 23.7. The second kappa shape index (κ2) is 17.0. The Morgan fingerprint density at radius 3 is 1.66 bits per heavy atom. The number of aromatic carboxylic acids is 1. The number of phenols is 1. The van der Waals surface area contributed by atoms with Gasteiger partial charge in [-0.25, -0.2) is 17.9 Å². The van der Waals surface area contributed by atoms with Gasteiger partial charge in [0.25, 0.3) is 0 Å². The number of carbonyl (C=O) groups is 1. The van der Waals surface area contributed by atoms with Crippen LogP contribution in [0, 0.1) is 0 Å². The molecule has 0 amide bonds. The van der Waals surface area contributed by atoms with Crippen LogP contribution >= 0.6 is 0 Å². The van der Waals surface area contributed by atoms with Crippen molar-refractivity contribution in [3.63, 3.8) is 0 Å². The van der Waals surface area contributed by atoms with Gasteiger partial charge in [-0.1, -0.05) is 103 Å². The molecule has 0 saturated heterocycles. The number of carboxylic acid groups (broad SMARTS) is 1. The lowest BCUT2D eigenvalue weighted by Crippen LogP contribution is -2.25. The fourth-order valence-corrected chi connectivity index (χ4v) is 4.92. The number of aromatic hydroxyl groups is 1. The first-order valence-electron chi connectivity index (χ1n) is 12.4. The summed E-state index contributed by atoms with van der Waals surface area (Å²) in [6.07, 6.45) is 20.2. The molecule has 0 spiro atoms. The molecule has 3 N–H and O–H groups in total. The molecule has 0 aromatic heterocycles. The van der Waals surface area contributed by atoms with E-state index in [1.54, 1.807) is 0 Å². The average molecular weight is 470 g/mol. The maximum Gasteiger partial charge on any atom is 0.339 e. The number of carboxylic acids is 1. The van der Waals surface area contributed by atoms with Crippen molar-refractivity contribution in [3.05, 3.63) is 23.8 Å². The lowest BCUT2D eigenvalue weighted by molar-refractivity contribution is 0.0693. The smallest absolute Gasteiger partial charge is 0.339 e. The highest BCUT2D eigenvalue weighted by Crippen LogP contribution is 2.21. The second-order valence-corrected chi connectivity index (χ2v) is 10.5. The number of benzene rings is 1. The van der Waals surface area contributed by atoms with Gasteiger partial charge in [0.1, 0.15) is 11.3 Å². The van der Waals surface area contributed by atoms with E-state index in [9.17, 15) is 18.3 Å². The zero-order valence-electron chi connectivity index (χ0n) is 19.8. The highest BCUT2D eigenvalue weighted by molar-refractivity contribution is 7.89. The van der Waals surface area contributed by atoms with Crippen LogP contribution in [0.15, 0.2) is 23.1 Å². The molecule has 184 valence electrons. The van der Waals surface area contributed by atoms with Crippen molar-refractivity contribution in [2.45, 2.75) is 115 Å². The largest absolute Gasteiger partial charge is 0.507 e. The lowest BCUT2D eigenvalue weighted by atomic mass is 10.0. The average Bonchev–Trinajstić information content (AvgIpc) is 2.75. The van der Waals surface area contributed by atoms with Crippen LogP contribution in [0.1, 0.15) is 120 Å². The van der Waals surface area contributed by atoms with Crippen LogP contribution in [-0.4, -0.2) is 31.1 Å². The lowest BCUT2D eigenvalue weighted by Gasteiger charge is -2.08. The molecule has 7 heteroatoms. The van der Waals surface area contributed by atoms with Crippen molar-refractivity contribution in [1.82, 2.24) is 4.72 Å². The summed E-state index contributed by atoms with van der Waals surface area (Å²) in [5.41, 5.74) is -0.421. The van der Waals surface area contributed by atoms with Crippen LogP contribution in [0.4, 0.5) is 0 Å². The Bertz CT molecular complexity index is 749. The number of unbranched alkanes of at least 4 members (excludes halogenated alkanes) is 15. The highest BCUT2D eigenvalue weighted by atomic mass is 32.2. The van der Waals surface area contributed by atoms with E-state index in [1.807, 2.05) is 0 Å². The van der Waals surface area contributed by atoms with E-state index < -0.39 is 27.3 Å². The predicted octanol–water partition coefficient (Wildman–Crippen LogP) is 6.63. The molecule has 1 aromatic carbocycles. The Morgan fingerprint density at radius 1 is 0.781 bits per heavy atom. The van der Waals surface area contributed by atoms with E-state index in [1.165, 1.54) is 89.5 Å². The molecular formula is C25H43NO5S. The second-order valence-electron chi connectivity index (χ2n) is 8.69. The molecule has 0 atom stereocenters. The molecule has 1 aromatic rings. The standard InChI is InChI=1S/C25H43NO5S/c1-2-3-4-5-6-7-8-9-10-11-12-13-14-15-16-17-20-26-32(30,31)22-18-19-24(27)23(21-22)25(28)29/h18-19,21,26-27H,2-17,20H2,1H3,(H,28,29). The van der Waals surface area contributed by atoms with Gasteiger partial charge in [0, 0.05) is 6.54 Å². The third-order valence-corrected chi connectivity index (χ3v) is 7.29. The molecule has 0 fully saturated rings. The molecule has 0 radical (unpaired) electrons. The third kappa shape index (κ3) is 12.4.